The number of nitrogens with zero attached hydrogens (tertiary/aromatic N) is 2. The molecule has 0 bridgehead atoms. The Labute approximate surface area is 112 Å². The molecule has 0 radical (unpaired) electrons. The first kappa shape index (κ1) is 12.5. The summed E-state index contributed by atoms with van der Waals surface area (Å²) in [6, 6.07) is 4.93. The van der Waals surface area contributed by atoms with Gasteiger partial charge in [0.2, 0.25) is 5.88 Å². The van der Waals surface area contributed by atoms with Crippen molar-refractivity contribution in [1.82, 2.24) is 9.97 Å². The SMILES string of the molecule is Cc1ccc(Oc2ncncc2Br)c(C(=O)O)c1. The maximum Gasteiger partial charge on any atom is 0.339 e. The monoisotopic (exact) mass is 308 g/mol. The fourth-order valence-electron chi connectivity index (χ4n) is 1.38. The van der Waals surface area contributed by atoms with Crippen LogP contribution in [0, 0.1) is 6.92 Å². The van der Waals surface area contributed by atoms with E-state index in [1.165, 1.54) is 12.5 Å². The third kappa shape index (κ3) is 2.65. The molecule has 1 aromatic heterocycles. The highest BCUT2D eigenvalue weighted by Gasteiger charge is 2.14. The average Bonchev–Trinajstić information content (AvgIpc) is 2.34. The van der Waals surface area contributed by atoms with Gasteiger partial charge >= 0.3 is 5.97 Å². The number of aryl methyl sites for hydroxylation is 1. The van der Waals surface area contributed by atoms with Gasteiger partial charge in [0.05, 0.1) is 4.47 Å². The second kappa shape index (κ2) is 5.14. The quantitative estimate of drug-likeness (QED) is 0.943. The van der Waals surface area contributed by atoms with Gasteiger partial charge in [-0.2, -0.15) is 0 Å². The van der Waals surface area contributed by atoms with Gasteiger partial charge in [0.15, 0.2) is 0 Å². The molecule has 92 valence electrons. The van der Waals surface area contributed by atoms with Crippen molar-refractivity contribution in [2.45, 2.75) is 6.92 Å². The molecule has 0 amide bonds. The molecule has 1 N–H and O–H groups in total. The summed E-state index contributed by atoms with van der Waals surface area (Å²) in [6.45, 7) is 1.82. The number of benzene rings is 1. The minimum atomic E-state index is -1.04. The van der Waals surface area contributed by atoms with Crippen LogP contribution in [-0.2, 0) is 0 Å². The number of carbonyl (C=O) groups is 1. The number of aromatic nitrogens is 2. The van der Waals surface area contributed by atoms with Crippen LogP contribution >= 0.6 is 15.9 Å². The Bertz CT molecular complexity index is 602. The first-order chi connectivity index (χ1) is 8.58. The van der Waals surface area contributed by atoms with Gasteiger partial charge in [-0.3, -0.25) is 0 Å². The maximum atomic E-state index is 11.1. The van der Waals surface area contributed by atoms with Crippen molar-refractivity contribution in [3.63, 3.8) is 0 Å². The van der Waals surface area contributed by atoms with E-state index in [9.17, 15) is 4.79 Å². The number of carboxylic acid groups (broad SMARTS) is 1. The summed E-state index contributed by atoms with van der Waals surface area (Å²) in [7, 11) is 0. The minimum Gasteiger partial charge on any atom is -0.478 e. The van der Waals surface area contributed by atoms with Crippen LogP contribution in [0.3, 0.4) is 0 Å². The smallest absolute Gasteiger partial charge is 0.339 e. The Hall–Kier alpha value is -1.95. The summed E-state index contributed by atoms with van der Waals surface area (Å²) in [6.07, 6.45) is 2.85. The van der Waals surface area contributed by atoms with Crippen LogP contribution < -0.4 is 4.74 Å². The van der Waals surface area contributed by atoms with Crippen molar-refractivity contribution in [3.8, 4) is 11.6 Å². The average molecular weight is 309 g/mol. The minimum absolute atomic E-state index is 0.0977. The van der Waals surface area contributed by atoms with Crippen molar-refractivity contribution in [3.05, 3.63) is 46.3 Å². The van der Waals surface area contributed by atoms with E-state index in [4.69, 9.17) is 9.84 Å². The van der Waals surface area contributed by atoms with Crippen LogP contribution in [0.25, 0.3) is 0 Å². The lowest BCUT2D eigenvalue weighted by atomic mass is 10.1. The van der Waals surface area contributed by atoms with E-state index in [-0.39, 0.29) is 17.2 Å². The number of hydrogen-bond acceptors (Lipinski definition) is 4. The Morgan fingerprint density at radius 1 is 1.44 bits per heavy atom. The number of ether oxygens (including phenoxy) is 1. The van der Waals surface area contributed by atoms with E-state index >= 15 is 0 Å². The van der Waals surface area contributed by atoms with Gasteiger partial charge < -0.3 is 9.84 Å². The molecule has 18 heavy (non-hydrogen) atoms. The Kier molecular flexibility index (Phi) is 3.57. The van der Waals surface area contributed by atoms with Gasteiger partial charge in [-0.1, -0.05) is 11.6 Å². The van der Waals surface area contributed by atoms with E-state index in [0.29, 0.717) is 4.47 Å². The van der Waals surface area contributed by atoms with Crippen molar-refractivity contribution in [2.75, 3.05) is 0 Å². The van der Waals surface area contributed by atoms with E-state index < -0.39 is 5.97 Å². The lowest BCUT2D eigenvalue weighted by molar-refractivity contribution is 0.0694. The molecular weight excluding hydrogens is 300 g/mol. The molecule has 0 saturated carbocycles. The summed E-state index contributed by atoms with van der Waals surface area (Å²) in [5.74, 6) is -0.525. The largest absolute Gasteiger partial charge is 0.478 e. The molecule has 5 nitrogen and oxygen atoms in total. The van der Waals surface area contributed by atoms with Gasteiger partial charge in [0.25, 0.3) is 0 Å². The molecule has 0 fully saturated rings. The Morgan fingerprint density at radius 3 is 2.89 bits per heavy atom. The lowest BCUT2D eigenvalue weighted by Crippen LogP contribution is -2.01. The van der Waals surface area contributed by atoms with Crippen molar-refractivity contribution >= 4 is 21.9 Å². The van der Waals surface area contributed by atoms with Crippen LogP contribution in [0.5, 0.6) is 11.6 Å². The molecule has 0 aliphatic rings. The van der Waals surface area contributed by atoms with Crippen LogP contribution in [0.2, 0.25) is 0 Å². The zero-order valence-corrected chi connectivity index (χ0v) is 11.0. The van der Waals surface area contributed by atoms with Gasteiger partial charge in [0.1, 0.15) is 17.6 Å². The summed E-state index contributed by atoms with van der Waals surface area (Å²) in [5.41, 5.74) is 0.946. The molecule has 0 unspecified atom stereocenters. The molecule has 1 heterocycles. The van der Waals surface area contributed by atoms with Crippen LogP contribution in [0.15, 0.2) is 35.2 Å². The van der Waals surface area contributed by atoms with Crippen LogP contribution in [0.4, 0.5) is 0 Å². The number of rotatable bonds is 3. The molecule has 0 aliphatic carbocycles. The van der Waals surface area contributed by atoms with E-state index in [1.54, 1.807) is 18.2 Å². The summed E-state index contributed by atoms with van der Waals surface area (Å²) in [4.78, 5) is 18.9. The first-order valence-corrected chi connectivity index (χ1v) is 5.84. The summed E-state index contributed by atoms with van der Waals surface area (Å²) in [5, 5.41) is 9.11. The molecule has 2 aromatic rings. The van der Waals surface area contributed by atoms with Gasteiger partial charge in [-0.05, 0) is 35.0 Å². The van der Waals surface area contributed by atoms with Crippen molar-refractivity contribution in [1.29, 1.82) is 0 Å². The molecule has 0 aliphatic heterocycles. The Balaban J connectivity index is 2.41. The van der Waals surface area contributed by atoms with Gasteiger partial charge in [0, 0.05) is 6.20 Å². The highest BCUT2D eigenvalue weighted by molar-refractivity contribution is 9.10. The molecule has 6 heteroatoms. The molecule has 0 saturated heterocycles. The zero-order chi connectivity index (χ0) is 13.1. The normalized spacial score (nSPS) is 10.1. The second-order valence-corrected chi connectivity index (χ2v) is 4.44. The van der Waals surface area contributed by atoms with E-state index in [2.05, 4.69) is 25.9 Å². The molecule has 0 atom stereocenters. The predicted molar refractivity (Wildman–Crippen MR) is 67.9 cm³/mol. The van der Waals surface area contributed by atoms with Crippen LogP contribution in [-0.4, -0.2) is 21.0 Å². The van der Waals surface area contributed by atoms with Crippen LogP contribution in [0.1, 0.15) is 15.9 Å². The highest BCUT2D eigenvalue weighted by atomic mass is 79.9. The first-order valence-electron chi connectivity index (χ1n) is 5.05. The van der Waals surface area contributed by atoms with Crippen molar-refractivity contribution in [2.24, 2.45) is 0 Å². The molecule has 2 rings (SSSR count). The number of halogens is 1. The maximum absolute atomic E-state index is 11.1. The van der Waals surface area contributed by atoms with Gasteiger partial charge in [-0.25, -0.2) is 14.8 Å². The fraction of sp³-hybridized carbons (Fsp3) is 0.0833. The number of aromatic carboxylic acids is 1. The highest BCUT2D eigenvalue weighted by Crippen LogP contribution is 2.29. The topological polar surface area (TPSA) is 72.3 Å². The van der Waals surface area contributed by atoms with E-state index in [1.807, 2.05) is 6.92 Å². The summed E-state index contributed by atoms with van der Waals surface area (Å²) >= 11 is 3.23. The molecule has 1 aromatic carbocycles. The standard InChI is InChI=1S/C12H9BrN2O3/c1-7-2-3-10(8(4-7)12(16)17)18-11-9(13)5-14-6-15-11/h2-6H,1H3,(H,16,17). The summed E-state index contributed by atoms with van der Waals surface area (Å²) < 4.78 is 6.04. The van der Waals surface area contributed by atoms with Gasteiger partial charge in [-0.15, -0.1) is 0 Å². The van der Waals surface area contributed by atoms with E-state index in [0.717, 1.165) is 5.56 Å². The lowest BCUT2D eigenvalue weighted by Gasteiger charge is -2.09. The third-order valence-corrected chi connectivity index (χ3v) is 2.75. The molecular formula is C12H9BrN2O3. The predicted octanol–water partition coefficient (Wildman–Crippen LogP) is 3.04. The molecule has 0 spiro atoms. The number of hydrogen-bond donors (Lipinski definition) is 1. The second-order valence-electron chi connectivity index (χ2n) is 3.58. The number of carboxylic acids is 1. The third-order valence-electron chi connectivity index (χ3n) is 2.21. The fourth-order valence-corrected chi connectivity index (χ4v) is 1.68. The van der Waals surface area contributed by atoms with Crippen molar-refractivity contribution < 1.29 is 14.6 Å². The zero-order valence-electron chi connectivity index (χ0n) is 9.42. The Morgan fingerprint density at radius 2 is 2.22 bits per heavy atom.